The van der Waals surface area contributed by atoms with E-state index in [1.807, 2.05) is 42.5 Å². The monoisotopic (exact) mass is 395 g/mol. The van der Waals surface area contributed by atoms with E-state index >= 15 is 0 Å². The number of hydrogen-bond donors (Lipinski definition) is 1. The molecular weight excluding hydrogens is 370 g/mol. The van der Waals surface area contributed by atoms with Gasteiger partial charge in [-0.05, 0) is 29.7 Å². The van der Waals surface area contributed by atoms with Crippen LogP contribution in [-0.4, -0.2) is 30.3 Å². The number of methoxy groups -OCH3 is 2. The van der Waals surface area contributed by atoms with Crippen molar-refractivity contribution in [1.29, 1.82) is 0 Å². The second kappa shape index (κ2) is 9.73. The lowest BCUT2D eigenvalue weighted by molar-refractivity contribution is -0.121. The standard InChI is InChI=1S/C22H25N3O4/c1-4-15-5-8-17(9-6-15)22-24-21(29-25-22)12-11-20(26)23-14-16-7-10-18(27-2)19(13-16)28-3/h5-10,13H,4,11-12,14H2,1-3H3,(H,23,26). The Morgan fingerprint density at radius 2 is 1.76 bits per heavy atom. The zero-order valence-corrected chi connectivity index (χ0v) is 16.9. The van der Waals surface area contributed by atoms with Crippen molar-refractivity contribution >= 4 is 5.91 Å². The highest BCUT2D eigenvalue weighted by Gasteiger charge is 2.11. The molecule has 0 fully saturated rings. The summed E-state index contributed by atoms with van der Waals surface area (Å²) in [6, 6.07) is 13.6. The lowest BCUT2D eigenvalue weighted by Crippen LogP contribution is -2.23. The van der Waals surface area contributed by atoms with Crippen LogP contribution in [0.3, 0.4) is 0 Å². The average molecular weight is 395 g/mol. The number of aromatic nitrogens is 2. The van der Waals surface area contributed by atoms with Gasteiger partial charge in [0.25, 0.3) is 0 Å². The minimum Gasteiger partial charge on any atom is -0.493 e. The number of amides is 1. The zero-order valence-electron chi connectivity index (χ0n) is 16.9. The molecule has 7 nitrogen and oxygen atoms in total. The average Bonchev–Trinajstić information content (AvgIpc) is 3.25. The van der Waals surface area contributed by atoms with Crippen molar-refractivity contribution < 1.29 is 18.8 Å². The van der Waals surface area contributed by atoms with Crippen LogP contribution in [-0.2, 0) is 24.2 Å². The molecule has 1 aromatic heterocycles. The number of benzene rings is 2. The number of nitrogens with zero attached hydrogens (tertiary/aromatic N) is 2. The summed E-state index contributed by atoms with van der Waals surface area (Å²) in [6.45, 7) is 2.51. The third-order valence-electron chi connectivity index (χ3n) is 4.59. The topological polar surface area (TPSA) is 86.5 Å². The fourth-order valence-electron chi connectivity index (χ4n) is 2.86. The summed E-state index contributed by atoms with van der Waals surface area (Å²) < 4.78 is 15.8. The molecule has 0 aliphatic rings. The highest BCUT2D eigenvalue weighted by Crippen LogP contribution is 2.27. The molecular formula is C22H25N3O4. The van der Waals surface area contributed by atoms with Crippen LogP contribution in [0.15, 0.2) is 47.0 Å². The van der Waals surface area contributed by atoms with Gasteiger partial charge in [0, 0.05) is 24.9 Å². The van der Waals surface area contributed by atoms with Crippen molar-refractivity contribution in [2.45, 2.75) is 32.7 Å². The summed E-state index contributed by atoms with van der Waals surface area (Å²) in [6.07, 6.45) is 1.64. The first-order valence-electron chi connectivity index (χ1n) is 9.52. The lowest BCUT2D eigenvalue weighted by atomic mass is 10.1. The van der Waals surface area contributed by atoms with Crippen molar-refractivity contribution in [2.75, 3.05) is 14.2 Å². The second-order valence-electron chi connectivity index (χ2n) is 6.53. The van der Waals surface area contributed by atoms with Gasteiger partial charge in [-0.2, -0.15) is 4.98 Å². The number of carbonyl (C=O) groups excluding carboxylic acids is 1. The van der Waals surface area contributed by atoms with Gasteiger partial charge in [-0.3, -0.25) is 4.79 Å². The fourth-order valence-corrected chi connectivity index (χ4v) is 2.86. The minimum atomic E-state index is -0.0909. The molecule has 3 aromatic rings. The minimum absolute atomic E-state index is 0.0909. The van der Waals surface area contributed by atoms with E-state index in [4.69, 9.17) is 14.0 Å². The molecule has 0 atom stereocenters. The lowest BCUT2D eigenvalue weighted by Gasteiger charge is -2.10. The second-order valence-corrected chi connectivity index (χ2v) is 6.53. The maximum atomic E-state index is 12.2. The Labute approximate surface area is 170 Å². The van der Waals surface area contributed by atoms with Gasteiger partial charge in [-0.1, -0.05) is 42.4 Å². The summed E-state index contributed by atoms with van der Waals surface area (Å²) in [4.78, 5) is 16.5. The molecule has 7 heteroatoms. The molecule has 29 heavy (non-hydrogen) atoms. The number of ether oxygens (including phenoxy) is 2. The van der Waals surface area contributed by atoms with Gasteiger partial charge < -0.3 is 19.3 Å². The SMILES string of the molecule is CCc1ccc(-c2noc(CCC(=O)NCc3ccc(OC)c(OC)c3)n2)cc1. The van der Waals surface area contributed by atoms with Crippen LogP contribution in [0, 0.1) is 0 Å². The van der Waals surface area contributed by atoms with E-state index in [1.54, 1.807) is 14.2 Å². The van der Waals surface area contributed by atoms with Crippen LogP contribution in [0.1, 0.15) is 30.4 Å². The zero-order chi connectivity index (χ0) is 20.6. The van der Waals surface area contributed by atoms with E-state index in [9.17, 15) is 4.79 Å². The van der Waals surface area contributed by atoms with E-state index < -0.39 is 0 Å². The van der Waals surface area contributed by atoms with Crippen molar-refractivity contribution in [3.63, 3.8) is 0 Å². The summed E-state index contributed by atoms with van der Waals surface area (Å²) in [5, 5.41) is 6.89. The van der Waals surface area contributed by atoms with Gasteiger partial charge in [0.1, 0.15) is 0 Å². The molecule has 0 unspecified atom stereocenters. The quantitative estimate of drug-likeness (QED) is 0.596. The van der Waals surface area contributed by atoms with Gasteiger partial charge in [0.05, 0.1) is 14.2 Å². The molecule has 0 spiro atoms. The van der Waals surface area contributed by atoms with Gasteiger partial charge in [-0.25, -0.2) is 0 Å². The van der Waals surface area contributed by atoms with Crippen LogP contribution in [0.4, 0.5) is 0 Å². The Morgan fingerprint density at radius 3 is 2.45 bits per heavy atom. The number of carbonyl (C=O) groups is 1. The van der Waals surface area contributed by atoms with Crippen LogP contribution in [0.2, 0.25) is 0 Å². The predicted molar refractivity (Wildman–Crippen MR) is 109 cm³/mol. The van der Waals surface area contributed by atoms with Gasteiger partial charge >= 0.3 is 0 Å². The third kappa shape index (κ3) is 5.34. The highest BCUT2D eigenvalue weighted by atomic mass is 16.5. The number of aryl methyl sites for hydroxylation is 2. The Morgan fingerprint density at radius 1 is 1.03 bits per heavy atom. The van der Waals surface area contributed by atoms with E-state index in [2.05, 4.69) is 22.4 Å². The van der Waals surface area contributed by atoms with Crippen LogP contribution < -0.4 is 14.8 Å². The molecule has 0 aliphatic carbocycles. The summed E-state index contributed by atoms with van der Waals surface area (Å²) in [7, 11) is 3.17. The number of rotatable bonds is 9. The maximum Gasteiger partial charge on any atom is 0.227 e. The molecule has 3 rings (SSSR count). The van der Waals surface area contributed by atoms with Crippen LogP contribution in [0.5, 0.6) is 11.5 Å². The predicted octanol–water partition coefficient (Wildman–Crippen LogP) is 3.57. The third-order valence-corrected chi connectivity index (χ3v) is 4.59. The van der Waals surface area contributed by atoms with E-state index in [1.165, 1.54) is 5.56 Å². The van der Waals surface area contributed by atoms with Gasteiger partial charge in [0.2, 0.25) is 17.6 Å². The van der Waals surface area contributed by atoms with Crippen molar-refractivity contribution in [2.24, 2.45) is 0 Å². The van der Waals surface area contributed by atoms with Crippen molar-refractivity contribution in [1.82, 2.24) is 15.5 Å². The fraction of sp³-hybridized carbons (Fsp3) is 0.318. The normalized spacial score (nSPS) is 10.6. The van der Waals surface area contributed by atoms with Gasteiger partial charge in [-0.15, -0.1) is 0 Å². The smallest absolute Gasteiger partial charge is 0.227 e. The largest absolute Gasteiger partial charge is 0.493 e. The van der Waals surface area contributed by atoms with Crippen LogP contribution >= 0.6 is 0 Å². The Bertz CT molecular complexity index is 951. The molecule has 1 amide bonds. The molecule has 0 saturated carbocycles. The molecule has 0 radical (unpaired) electrons. The molecule has 1 heterocycles. The Hall–Kier alpha value is -3.35. The van der Waals surface area contributed by atoms with Crippen molar-refractivity contribution in [3.8, 4) is 22.9 Å². The number of nitrogens with one attached hydrogen (secondary N) is 1. The first kappa shape index (κ1) is 20.4. The summed E-state index contributed by atoms with van der Waals surface area (Å²) >= 11 is 0. The highest BCUT2D eigenvalue weighted by molar-refractivity contribution is 5.76. The maximum absolute atomic E-state index is 12.2. The molecule has 0 saturated heterocycles. The van der Waals surface area contributed by atoms with Gasteiger partial charge in [0.15, 0.2) is 11.5 Å². The molecule has 1 N–H and O–H groups in total. The van der Waals surface area contributed by atoms with Crippen LogP contribution in [0.25, 0.3) is 11.4 Å². The first-order chi connectivity index (χ1) is 14.1. The van der Waals surface area contributed by atoms with E-state index in [-0.39, 0.29) is 12.3 Å². The molecule has 152 valence electrons. The first-order valence-corrected chi connectivity index (χ1v) is 9.52. The molecule has 0 aliphatic heterocycles. The molecule has 0 bridgehead atoms. The number of hydrogen-bond acceptors (Lipinski definition) is 6. The van der Waals surface area contributed by atoms with E-state index in [0.29, 0.717) is 36.2 Å². The Kier molecular flexibility index (Phi) is 6.84. The molecule has 2 aromatic carbocycles. The summed E-state index contributed by atoms with van der Waals surface area (Å²) in [5.41, 5.74) is 3.07. The Balaban J connectivity index is 1.50. The van der Waals surface area contributed by atoms with Crippen molar-refractivity contribution in [3.05, 3.63) is 59.5 Å². The van der Waals surface area contributed by atoms with E-state index in [0.717, 1.165) is 17.5 Å². The summed E-state index contributed by atoms with van der Waals surface area (Å²) in [5.74, 6) is 2.17.